The molecular weight excluding hydrogens is 459 g/mol. The monoisotopic (exact) mass is 496 g/mol. The molecule has 1 atom stereocenters. The fraction of sp³-hybridized carbons (Fsp3) is 0.538. The summed E-state index contributed by atoms with van der Waals surface area (Å²) in [6, 6.07) is 14.8. The summed E-state index contributed by atoms with van der Waals surface area (Å²) in [6.45, 7) is 5.05. The van der Waals surface area contributed by atoms with Crippen LogP contribution in [0.3, 0.4) is 0 Å². The van der Waals surface area contributed by atoms with E-state index in [0.29, 0.717) is 0 Å². The van der Waals surface area contributed by atoms with Crippen molar-refractivity contribution >= 4 is 24.8 Å². The first-order valence-electron chi connectivity index (χ1n) is 11.6. The van der Waals surface area contributed by atoms with Gasteiger partial charge in [-0.15, -0.1) is 24.8 Å². The lowest BCUT2D eigenvalue weighted by Gasteiger charge is -2.42. The number of rotatable bonds is 7. The first-order chi connectivity index (χ1) is 15.1. The minimum absolute atomic E-state index is 0. The summed E-state index contributed by atoms with van der Waals surface area (Å²) in [5.74, 6) is 1.58. The van der Waals surface area contributed by atoms with Crippen molar-refractivity contribution in [3.8, 4) is 22.6 Å². The second kappa shape index (κ2) is 12.8. The highest BCUT2D eigenvalue weighted by atomic mass is 35.5. The van der Waals surface area contributed by atoms with Crippen molar-refractivity contribution in [1.82, 2.24) is 10.2 Å². The van der Waals surface area contributed by atoms with Gasteiger partial charge in [-0.25, -0.2) is 0 Å². The molecule has 1 saturated carbocycles. The number of nitrogens with zero attached hydrogens (tertiary/aromatic N) is 1. The van der Waals surface area contributed by atoms with E-state index in [9.17, 15) is 5.11 Å². The molecule has 1 aliphatic carbocycles. The minimum atomic E-state index is -0.626. The van der Waals surface area contributed by atoms with E-state index in [1.54, 1.807) is 14.2 Å². The fourth-order valence-corrected chi connectivity index (χ4v) is 5.20. The van der Waals surface area contributed by atoms with Crippen LogP contribution in [0.15, 0.2) is 42.5 Å². The average Bonchev–Trinajstić information content (AvgIpc) is 2.83. The number of methoxy groups -OCH3 is 2. The van der Waals surface area contributed by atoms with Gasteiger partial charge >= 0.3 is 0 Å². The molecule has 0 bridgehead atoms. The molecule has 2 aliphatic rings. The van der Waals surface area contributed by atoms with Gasteiger partial charge in [-0.2, -0.15) is 0 Å². The van der Waals surface area contributed by atoms with Gasteiger partial charge in [0, 0.05) is 38.6 Å². The molecule has 1 aliphatic heterocycles. The van der Waals surface area contributed by atoms with E-state index < -0.39 is 5.60 Å². The Labute approximate surface area is 210 Å². The summed E-state index contributed by atoms with van der Waals surface area (Å²) in [4.78, 5) is 2.51. The number of ether oxygens (including phenoxy) is 2. The van der Waals surface area contributed by atoms with Crippen molar-refractivity contribution in [3.63, 3.8) is 0 Å². The van der Waals surface area contributed by atoms with Crippen LogP contribution in [0.2, 0.25) is 0 Å². The Morgan fingerprint density at radius 3 is 2.24 bits per heavy atom. The van der Waals surface area contributed by atoms with Crippen LogP contribution in [0.25, 0.3) is 11.1 Å². The van der Waals surface area contributed by atoms with E-state index >= 15 is 0 Å². The number of piperazine rings is 1. The van der Waals surface area contributed by atoms with Gasteiger partial charge in [-0.05, 0) is 41.7 Å². The van der Waals surface area contributed by atoms with Gasteiger partial charge in [-0.1, -0.05) is 49.6 Å². The predicted molar refractivity (Wildman–Crippen MR) is 140 cm³/mol. The molecule has 33 heavy (non-hydrogen) atoms. The summed E-state index contributed by atoms with van der Waals surface area (Å²) in [6.07, 6.45) is 5.25. The van der Waals surface area contributed by atoms with Crippen LogP contribution in [0.1, 0.15) is 43.6 Å². The first-order valence-corrected chi connectivity index (χ1v) is 11.6. The molecule has 5 nitrogen and oxygen atoms in total. The third-order valence-electron chi connectivity index (χ3n) is 7.02. The molecule has 1 saturated heterocycles. The molecule has 7 heteroatoms. The molecule has 2 aromatic rings. The van der Waals surface area contributed by atoms with Crippen LogP contribution in [-0.2, 0) is 0 Å². The fourth-order valence-electron chi connectivity index (χ4n) is 5.20. The maximum atomic E-state index is 11.7. The number of nitrogens with one attached hydrogen (secondary N) is 1. The van der Waals surface area contributed by atoms with Crippen LogP contribution in [0.5, 0.6) is 11.5 Å². The Balaban J connectivity index is 0.00000193. The van der Waals surface area contributed by atoms with E-state index in [0.717, 1.165) is 81.0 Å². The molecule has 0 spiro atoms. The standard InChI is InChI=1S/C26H36N2O3.2ClH/c1-30-24-10-9-21(18-25(24)31-2)20-7-6-8-22(17-20)23(19-28-15-13-27-14-16-28)26(29)11-4-3-5-12-26;;/h6-10,17-18,23,27,29H,3-5,11-16,19H2,1-2H3;2*1H. The summed E-state index contributed by atoms with van der Waals surface area (Å²) >= 11 is 0. The molecule has 4 rings (SSSR count). The number of hydrogen-bond acceptors (Lipinski definition) is 5. The topological polar surface area (TPSA) is 54.0 Å². The summed E-state index contributed by atoms with van der Waals surface area (Å²) in [7, 11) is 3.32. The van der Waals surface area contributed by atoms with Crippen molar-refractivity contribution < 1.29 is 14.6 Å². The van der Waals surface area contributed by atoms with E-state index in [1.165, 1.54) is 12.0 Å². The summed E-state index contributed by atoms with van der Waals surface area (Å²) in [5, 5.41) is 15.2. The van der Waals surface area contributed by atoms with Gasteiger partial charge in [0.15, 0.2) is 11.5 Å². The van der Waals surface area contributed by atoms with Crippen LogP contribution >= 0.6 is 24.8 Å². The normalized spacial score (nSPS) is 19.0. The van der Waals surface area contributed by atoms with Crippen molar-refractivity contribution in [3.05, 3.63) is 48.0 Å². The predicted octanol–water partition coefficient (Wildman–Crippen LogP) is 4.90. The Hall–Kier alpha value is -1.50. The van der Waals surface area contributed by atoms with Gasteiger partial charge in [0.2, 0.25) is 0 Å². The van der Waals surface area contributed by atoms with E-state index in [-0.39, 0.29) is 30.7 Å². The van der Waals surface area contributed by atoms with Gasteiger partial charge in [0.1, 0.15) is 0 Å². The van der Waals surface area contributed by atoms with Crippen molar-refractivity contribution in [2.75, 3.05) is 46.9 Å². The third-order valence-corrected chi connectivity index (χ3v) is 7.02. The Kier molecular flexibility index (Phi) is 10.8. The van der Waals surface area contributed by atoms with E-state index in [2.05, 4.69) is 40.5 Å². The maximum Gasteiger partial charge on any atom is 0.161 e. The molecule has 0 amide bonds. The summed E-state index contributed by atoms with van der Waals surface area (Å²) in [5.41, 5.74) is 2.84. The summed E-state index contributed by atoms with van der Waals surface area (Å²) < 4.78 is 10.9. The molecule has 0 aromatic heterocycles. The van der Waals surface area contributed by atoms with Crippen LogP contribution in [0.4, 0.5) is 0 Å². The van der Waals surface area contributed by atoms with Crippen molar-refractivity contribution in [2.45, 2.75) is 43.6 Å². The second-order valence-corrected chi connectivity index (χ2v) is 8.96. The van der Waals surface area contributed by atoms with Gasteiger partial charge in [0.05, 0.1) is 19.8 Å². The van der Waals surface area contributed by atoms with Gasteiger partial charge in [0.25, 0.3) is 0 Å². The zero-order valence-electron chi connectivity index (χ0n) is 19.7. The molecule has 2 N–H and O–H groups in total. The second-order valence-electron chi connectivity index (χ2n) is 8.96. The van der Waals surface area contributed by atoms with Crippen LogP contribution in [-0.4, -0.2) is 62.6 Å². The zero-order valence-corrected chi connectivity index (χ0v) is 21.4. The number of benzene rings is 2. The highest BCUT2D eigenvalue weighted by molar-refractivity contribution is 5.85. The molecule has 1 unspecified atom stereocenters. The highest BCUT2D eigenvalue weighted by Gasteiger charge is 2.39. The lowest BCUT2D eigenvalue weighted by Crippen LogP contribution is -2.49. The zero-order chi connectivity index (χ0) is 21.7. The van der Waals surface area contributed by atoms with Crippen molar-refractivity contribution in [2.24, 2.45) is 0 Å². The molecule has 184 valence electrons. The van der Waals surface area contributed by atoms with Crippen LogP contribution < -0.4 is 14.8 Å². The lowest BCUT2D eigenvalue weighted by atomic mass is 9.72. The Bertz CT molecular complexity index is 868. The maximum absolute atomic E-state index is 11.7. The largest absolute Gasteiger partial charge is 0.493 e. The SMILES string of the molecule is COc1ccc(-c2cccc(C(CN3CCNCC3)C3(O)CCCCC3)c2)cc1OC.Cl.Cl. The van der Waals surface area contributed by atoms with Gasteiger partial charge in [-0.3, -0.25) is 0 Å². The molecular formula is C26H38Cl2N2O3. The van der Waals surface area contributed by atoms with E-state index in [4.69, 9.17) is 9.47 Å². The van der Waals surface area contributed by atoms with E-state index in [1.807, 2.05) is 12.1 Å². The smallest absolute Gasteiger partial charge is 0.161 e. The number of hydrogen-bond donors (Lipinski definition) is 2. The van der Waals surface area contributed by atoms with Gasteiger partial charge < -0.3 is 24.8 Å². The third kappa shape index (κ3) is 6.55. The molecule has 2 aromatic carbocycles. The molecule has 0 radical (unpaired) electrons. The van der Waals surface area contributed by atoms with Crippen molar-refractivity contribution in [1.29, 1.82) is 0 Å². The molecule has 1 heterocycles. The Morgan fingerprint density at radius 1 is 0.909 bits per heavy atom. The first kappa shape index (κ1) is 27.7. The van der Waals surface area contributed by atoms with Crippen LogP contribution in [0, 0.1) is 0 Å². The minimum Gasteiger partial charge on any atom is -0.493 e. The highest BCUT2D eigenvalue weighted by Crippen LogP contribution is 2.42. The lowest BCUT2D eigenvalue weighted by molar-refractivity contribution is -0.0316. The number of halogens is 2. The Morgan fingerprint density at radius 2 is 1.58 bits per heavy atom. The number of aliphatic hydroxyl groups is 1. The average molecular weight is 498 g/mol. The quantitative estimate of drug-likeness (QED) is 0.570. The molecule has 2 fully saturated rings.